The summed E-state index contributed by atoms with van der Waals surface area (Å²) in [5.41, 5.74) is 7.47. The van der Waals surface area contributed by atoms with Crippen molar-refractivity contribution in [2.45, 2.75) is 32.2 Å². The van der Waals surface area contributed by atoms with Crippen LogP contribution in [0.4, 0.5) is 5.69 Å². The first kappa shape index (κ1) is 11.1. The molecular formula is C13H18N2O. The van der Waals surface area contributed by atoms with Crippen LogP contribution in [0, 0.1) is 6.92 Å². The summed E-state index contributed by atoms with van der Waals surface area (Å²) >= 11 is 0. The van der Waals surface area contributed by atoms with Gasteiger partial charge in [-0.1, -0.05) is 12.1 Å². The van der Waals surface area contributed by atoms with Crippen LogP contribution in [0.3, 0.4) is 0 Å². The van der Waals surface area contributed by atoms with Crippen LogP contribution in [0.1, 0.15) is 25.3 Å². The van der Waals surface area contributed by atoms with Gasteiger partial charge < -0.3 is 10.6 Å². The monoisotopic (exact) mass is 218 g/mol. The van der Waals surface area contributed by atoms with Gasteiger partial charge >= 0.3 is 0 Å². The topological polar surface area (TPSA) is 46.3 Å². The minimum atomic E-state index is -0.584. The Bertz CT molecular complexity index is 410. The highest BCUT2D eigenvalue weighted by molar-refractivity contribution is 6.02. The Balaban J connectivity index is 2.25. The number of hydrogen-bond donors (Lipinski definition) is 1. The molecule has 0 spiro atoms. The van der Waals surface area contributed by atoms with Crippen LogP contribution in [-0.4, -0.2) is 18.0 Å². The van der Waals surface area contributed by atoms with Gasteiger partial charge in [-0.15, -0.1) is 0 Å². The van der Waals surface area contributed by atoms with Gasteiger partial charge in [0.25, 0.3) is 0 Å². The van der Waals surface area contributed by atoms with Crippen molar-refractivity contribution in [2.75, 3.05) is 11.4 Å². The fourth-order valence-corrected chi connectivity index (χ4v) is 1.86. The lowest BCUT2D eigenvalue weighted by Crippen LogP contribution is -2.45. The first-order valence-electron chi connectivity index (χ1n) is 5.74. The molecule has 3 nitrogen and oxygen atoms in total. The molecule has 1 amide bonds. The minimum absolute atomic E-state index is 0.0561. The van der Waals surface area contributed by atoms with Crippen LogP contribution in [0.15, 0.2) is 24.3 Å². The van der Waals surface area contributed by atoms with Crippen LogP contribution in [-0.2, 0) is 4.79 Å². The molecule has 2 rings (SSSR count). The third kappa shape index (κ3) is 1.95. The van der Waals surface area contributed by atoms with E-state index in [4.69, 9.17) is 5.73 Å². The van der Waals surface area contributed by atoms with Crippen molar-refractivity contribution in [3.63, 3.8) is 0 Å². The molecule has 0 unspecified atom stereocenters. The maximum absolute atomic E-state index is 12.2. The van der Waals surface area contributed by atoms with Crippen LogP contribution in [0.25, 0.3) is 0 Å². The number of carbonyl (C=O) groups is 1. The molecule has 0 saturated heterocycles. The zero-order valence-corrected chi connectivity index (χ0v) is 9.86. The van der Waals surface area contributed by atoms with E-state index in [1.165, 1.54) is 0 Å². The molecule has 0 aliphatic heterocycles. The van der Waals surface area contributed by atoms with Crippen molar-refractivity contribution in [3.05, 3.63) is 29.8 Å². The summed E-state index contributed by atoms with van der Waals surface area (Å²) in [4.78, 5) is 13.9. The van der Waals surface area contributed by atoms with Crippen molar-refractivity contribution >= 4 is 11.6 Å². The van der Waals surface area contributed by atoms with Gasteiger partial charge in [0.15, 0.2) is 0 Å². The summed E-state index contributed by atoms with van der Waals surface area (Å²) in [6.45, 7) is 4.67. The number of hydrogen-bond acceptors (Lipinski definition) is 2. The fourth-order valence-electron chi connectivity index (χ4n) is 1.86. The van der Waals surface area contributed by atoms with E-state index >= 15 is 0 Å². The number of amides is 1. The first-order chi connectivity index (χ1) is 7.57. The van der Waals surface area contributed by atoms with Crippen LogP contribution in [0.2, 0.25) is 0 Å². The number of nitrogens with two attached hydrogens (primary N) is 1. The molecule has 16 heavy (non-hydrogen) atoms. The third-order valence-electron chi connectivity index (χ3n) is 3.09. The molecule has 1 aliphatic carbocycles. The molecule has 0 aromatic heterocycles. The summed E-state index contributed by atoms with van der Waals surface area (Å²) in [7, 11) is 0. The molecule has 1 aromatic rings. The van der Waals surface area contributed by atoms with Gasteiger partial charge in [-0.25, -0.2) is 0 Å². The average Bonchev–Trinajstić information content (AvgIpc) is 2.99. The summed E-state index contributed by atoms with van der Waals surface area (Å²) in [5, 5.41) is 0. The average molecular weight is 218 g/mol. The van der Waals surface area contributed by atoms with E-state index in [1.807, 2.05) is 38.1 Å². The Morgan fingerprint density at radius 3 is 2.69 bits per heavy atom. The number of nitrogens with zero attached hydrogens (tertiary/aromatic N) is 1. The Morgan fingerprint density at radius 1 is 1.50 bits per heavy atom. The van der Waals surface area contributed by atoms with Crippen LogP contribution < -0.4 is 10.6 Å². The van der Waals surface area contributed by atoms with E-state index < -0.39 is 5.54 Å². The van der Waals surface area contributed by atoms with E-state index in [-0.39, 0.29) is 5.91 Å². The SMILES string of the molecule is CCN(C(=O)C1(N)CC1)c1cccc(C)c1. The Morgan fingerprint density at radius 2 is 2.19 bits per heavy atom. The second-order valence-corrected chi connectivity index (χ2v) is 4.54. The van der Waals surface area contributed by atoms with Crippen LogP contribution >= 0.6 is 0 Å². The second-order valence-electron chi connectivity index (χ2n) is 4.54. The summed E-state index contributed by atoms with van der Waals surface area (Å²) < 4.78 is 0. The van der Waals surface area contributed by atoms with E-state index in [2.05, 4.69) is 0 Å². The molecule has 1 fully saturated rings. The second kappa shape index (κ2) is 3.91. The number of benzene rings is 1. The number of anilines is 1. The predicted molar refractivity (Wildman–Crippen MR) is 65.4 cm³/mol. The largest absolute Gasteiger partial charge is 0.317 e. The van der Waals surface area contributed by atoms with Crippen molar-refractivity contribution in [1.82, 2.24) is 0 Å². The Kier molecular flexibility index (Phi) is 2.72. The highest BCUT2D eigenvalue weighted by Gasteiger charge is 2.48. The van der Waals surface area contributed by atoms with Gasteiger partial charge in [0.05, 0.1) is 5.54 Å². The molecule has 2 N–H and O–H groups in total. The van der Waals surface area contributed by atoms with Gasteiger partial charge in [-0.2, -0.15) is 0 Å². The van der Waals surface area contributed by atoms with Gasteiger partial charge in [0.1, 0.15) is 0 Å². The maximum atomic E-state index is 12.2. The molecule has 1 aromatic carbocycles. The molecule has 1 saturated carbocycles. The Hall–Kier alpha value is -1.35. The smallest absolute Gasteiger partial charge is 0.247 e. The predicted octanol–water partition coefficient (Wildman–Crippen LogP) is 1.84. The zero-order chi connectivity index (χ0) is 11.8. The van der Waals surface area contributed by atoms with E-state index in [9.17, 15) is 4.79 Å². The van der Waals surface area contributed by atoms with E-state index in [0.717, 1.165) is 24.1 Å². The lowest BCUT2D eigenvalue weighted by molar-refractivity contribution is -0.120. The van der Waals surface area contributed by atoms with Gasteiger partial charge in [-0.05, 0) is 44.4 Å². The van der Waals surface area contributed by atoms with Crippen molar-refractivity contribution < 1.29 is 4.79 Å². The third-order valence-corrected chi connectivity index (χ3v) is 3.09. The molecule has 0 radical (unpaired) electrons. The molecule has 0 bridgehead atoms. The van der Waals surface area contributed by atoms with Crippen molar-refractivity contribution in [3.8, 4) is 0 Å². The van der Waals surface area contributed by atoms with Gasteiger partial charge in [0, 0.05) is 12.2 Å². The molecule has 3 heteroatoms. The molecule has 0 heterocycles. The van der Waals surface area contributed by atoms with E-state index in [1.54, 1.807) is 4.90 Å². The van der Waals surface area contributed by atoms with Gasteiger partial charge in [0.2, 0.25) is 5.91 Å². The quantitative estimate of drug-likeness (QED) is 0.841. The highest BCUT2D eigenvalue weighted by atomic mass is 16.2. The van der Waals surface area contributed by atoms with Crippen molar-refractivity contribution in [2.24, 2.45) is 5.73 Å². The summed E-state index contributed by atoms with van der Waals surface area (Å²) in [6, 6.07) is 7.97. The zero-order valence-electron chi connectivity index (χ0n) is 9.86. The van der Waals surface area contributed by atoms with Crippen LogP contribution in [0.5, 0.6) is 0 Å². The number of rotatable bonds is 3. The normalized spacial score (nSPS) is 16.9. The molecule has 0 atom stereocenters. The molecular weight excluding hydrogens is 200 g/mol. The maximum Gasteiger partial charge on any atom is 0.247 e. The molecule has 1 aliphatic rings. The van der Waals surface area contributed by atoms with E-state index in [0.29, 0.717) is 6.54 Å². The number of likely N-dealkylation sites (N-methyl/N-ethyl adjacent to an activating group) is 1. The minimum Gasteiger partial charge on any atom is -0.317 e. The fraction of sp³-hybridized carbons (Fsp3) is 0.462. The molecule has 86 valence electrons. The van der Waals surface area contributed by atoms with Gasteiger partial charge in [-0.3, -0.25) is 4.79 Å². The lowest BCUT2D eigenvalue weighted by Gasteiger charge is -2.24. The first-order valence-corrected chi connectivity index (χ1v) is 5.74. The highest BCUT2D eigenvalue weighted by Crippen LogP contribution is 2.35. The lowest BCUT2D eigenvalue weighted by atomic mass is 10.1. The van der Waals surface area contributed by atoms with Crippen molar-refractivity contribution in [1.29, 1.82) is 0 Å². The number of carbonyl (C=O) groups excluding carboxylic acids is 1. The Labute approximate surface area is 96.2 Å². The summed E-state index contributed by atoms with van der Waals surface area (Å²) in [5.74, 6) is 0.0561. The summed E-state index contributed by atoms with van der Waals surface area (Å²) in [6.07, 6.45) is 1.63. The standard InChI is InChI=1S/C13H18N2O/c1-3-15(12(16)13(14)7-8-13)11-6-4-5-10(2)9-11/h4-6,9H,3,7-8,14H2,1-2H3. The number of aryl methyl sites for hydroxylation is 1.